The van der Waals surface area contributed by atoms with Crippen molar-refractivity contribution in [3.05, 3.63) is 57.5 Å². The second-order valence-corrected chi connectivity index (χ2v) is 5.61. The highest BCUT2D eigenvalue weighted by molar-refractivity contribution is 6.36. The summed E-state index contributed by atoms with van der Waals surface area (Å²) in [5.41, 5.74) is 0.479. The number of ether oxygens (including phenoxy) is 1. The number of nitrogens with one attached hydrogen (secondary N) is 1. The Morgan fingerprint density at radius 1 is 1.10 bits per heavy atom. The summed E-state index contributed by atoms with van der Waals surface area (Å²) in [6.45, 7) is 1.64. The average molecular weight is 345 g/mol. The molecule has 1 amide bonds. The third-order valence-corrected chi connectivity index (χ3v) is 3.45. The van der Waals surface area contributed by atoms with Crippen LogP contribution in [0.3, 0.4) is 0 Å². The van der Waals surface area contributed by atoms with Gasteiger partial charge >= 0.3 is 0 Å². The summed E-state index contributed by atoms with van der Waals surface area (Å²) >= 11 is 17.7. The Morgan fingerprint density at radius 2 is 1.81 bits per heavy atom. The van der Waals surface area contributed by atoms with E-state index in [1.165, 1.54) is 0 Å². The normalized spacial score (nSPS) is 11.8. The fraction of sp³-hybridized carbons (Fsp3) is 0.133. The van der Waals surface area contributed by atoms with Gasteiger partial charge in [-0.05, 0) is 43.3 Å². The molecule has 1 unspecified atom stereocenters. The number of anilines is 1. The molecule has 0 aromatic heterocycles. The minimum absolute atomic E-state index is 0.320. The Bertz CT molecular complexity index is 661. The Hall–Kier alpha value is -1.42. The largest absolute Gasteiger partial charge is 0.481 e. The van der Waals surface area contributed by atoms with Crippen LogP contribution in [0.4, 0.5) is 5.69 Å². The molecule has 0 aliphatic carbocycles. The third kappa shape index (κ3) is 4.53. The lowest BCUT2D eigenvalue weighted by atomic mass is 10.3. The van der Waals surface area contributed by atoms with Gasteiger partial charge in [-0.3, -0.25) is 4.79 Å². The van der Waals surface area contributed by atoms with Crippen molar-refractivity contribution >= 4 is 46.4 Å². The maximum absolute atomic E-state index is 12.1. The smallest absolute Gasteiger partial charge is 0.265 e. The molecule has 1 N–H and O–H groups in total. The molecule has 2 aromatic rings. The molecule has 0 radical (unpaired) electrons. The van der Waals surface area contributed by atoms with E-state index < -0.39 is 6.10 Å². The van der Waals surface area contributed by atoms with E-state index in [1.807, 2.05) is 0 Å². The number of rotatable bonds is 4. The third-order valence-electron chi connectivity index (χ3n) is 2.67. The van der Waals surface area contributed by atoms with Gasteiger partial charge in [0.05, 0.1) is 10.7 Å². The van der Waals surface area contributed by atoms with Gasteiger partial charge in [0.25, 0.3) is 5.91 Å². The van der Waals surface area contributed by atoms with Crippen LogP contribution in [0.15, 0.2) is 42.5 Å². The standard InChI is InChI=1S/C15H12Cl3NO2/c1-9(21-12-4-2-3-10(16)7-12)15(20)19-14-6-5-11(17)8-13(14)18/h2-9H,1H3,(H,19,20). The molecule has 0 aliphatic heterocycles. The monoisotopic (exact) mass is 343 g/mol. The maximum Gasteiger partial charge on any atom is 0.265 e. The maximum atomic E-state index is 12.1. The number of carbonyl (C=O) groups excluding carboxylic acids is 1. The van der Waals surface area contributed by atoms with Gasteiger partial charge in [-0.25, -0.2) is 0 Å². The van der Waals surface area contributed by atoms with E-state index in [2.05, 4.69) is 5.32 Å². The highest BCUT2D eigenvalue weighted by Gasteiger charge is 2.16. The van der Waals surface area contributed by atoms with Gasteiger partial charge in [-0.1, -0.05) is 40.9 Å². The van der Waals surface area contributed by atoms with Gasteiger partial charge in [-0.15, -0.1) is 0 Å². The summed E-state index contributed by atoms with van der Waals surface area (Å²) in [5.74, 6) is 0.201. The van der Waals surface area contributed by atoms with E-state index >= 15 is 0 Å². The average Bonchev–Trinajstić information content (AvgIpc) is 2.41. The van der Waals surface area contributed by atoms with Crippen molar-refractivity contribution in [2.45, 2.75) is 13.0 Å². The molecule has 0 heterocycles. The van der Waals surface area contributed by atoms with Gasteiger partial charge in [-0.2, -0.15) is 0 Å². The predicted molar refractivity (Wildman–Crippen MR) is 86.6 cm³/mol. The van der Waals surface area contributed by atoms with Crippen molar-refractivity contribution in [1.82, 2.24) is 0 Å². The molecule has 0 saturated carbocycles. The summed E-state index contributed by atoms with van der Waals surface area (Å²) in [6.07, 6.45) is -0.699. The minimum atomic E-state index is -0.699. The van der Waals surface area contributed by atoms with Crippen molar-refractivity contribution in [2.24, 2.45) is 0 Å². The van der Waals surface area contributed by atoms with Crippen LogP contribution in [0.2, 0.25) is 15.1 Å². The van der Waals surface area contributed by atoms with Gasteiger partial charge < -0.3 is 10.1 Å². The summed E-state index contributed by atoms with van der Waals surface area (Å²) < 4.78 is 5.53. The number of benzene rings is 2. The van der Waals surface area contributed by atoms with Gasteiger partial charge in [0.1, 0.15) is 5.75 Å². The van der Waals surface area contributed by atoms with Crippen molar-refractivity contribution in [3.8, 4) is 5.75 Å². The van der Waals surface area contributed by atoms with E-state index in [9.17, 15) is 4.79 Å². The molecule has 0 fully saturated rings. The van der Waals surface area contributed by atoms with Crippen LogP contribution in [-0.4, -0.2) is 12.0 Å². The van der Waals surface area contributed by atoms with Gasteiger partial charge in [0.2, 0.25) is 0 Å². The molecular weight excluding hydrogens is 333 g/mol. The molecule has 21 heavy (non-hydrogen) atoms. The van der Waals surface area contributed by atoms with Crippen molar-refractivity contribution in [2.75, 3.05) is 5.32 Å². The van der Waals surface area contributed by atoms with E-state index in [4.69, 9.17) is 39.5 Å². The fourth-order valence-electron chi connectivity index (χ4n) is 1.62. The van der Waals surface area contributed by atoms with E-state index in [0.29, 0.717) is 26.5 Å². The highest BCUT2D eigenvalue weighted by atomic mass is 35.5. The van der Waals surface area contributed by atoms with Crippen molar-refractivity contribution in [1.29, 1.82) is 0 Å². The fourth-order valence-corrected chi connectivity index (χ4v) is 2.26. The molecule has 6 heteroatoms. The SMILES string of the molecule is CC(Oc1cccc(Cl)c1)C(=O)Nc1ccc(Cl)cc1Cl. The minimum Gasteiger partial charge on any atom is -0.481 e. The number of carbonyl (C=O) groups is 1. The first kappa shape index (κ1) is 16.0. The quantitative estimate of drug-likeness (QED) is 0.842. The zero-order valence-corrected chi connectivity index (χ0v) is 13.3. The number of amides is 1. The first-order valence-corrected chi connectivity index (χ1v) is 7.27. The summed E-state index contributed by atoms with van der Waals surface area (Å²) in [6, 6.07) is 11.7. The zero-order valence-electron chi connectivity index (χ0n) is 11.1. The van der Waals surface area contributed by atoms with E-state index in [-0.39, 0.29) is 5.91 Å². The van der Waals surface area contributed by atoms with Gasteiger partial charge in [0.15, 0.2) is 6.10 Å². The summed E-state index contributed by atoms with van der Waals surface area (Å²) in [4.78, 5) is 12.1. The Balaban J connectivity index is 2.02. The molecule has 110 valence electrons. The molecule has 0 bridgehead atoms. The topological polar surface area (TPSA) is 38.3 Å². The summed E-state index contributed by atoms with van der Waals surface area (Å²) in [7, 11) is 0. The molecular formula is C15H12Cl3NO2. The molecule has 0 spiro atoms. The zero-order chi connectivity index (χ0) is 15.4. The number of hydrogen-bond acceptors (Lipinski definition) is 2. The van der Waals surface area contributed by atoms with Crippen molar-refractivity contribution in [3.63, 3.8) is 0 Å². The Morgan fingerprint density at radius 3 is 2.48 bits per heavy atom. The molecule has 2 rings (SSSR count). The van der Waals surface area contributed by atoms with Crippen LogP contribution >= 0.6 is 34.8 Å². The van der Waals surface area contributed by atoms with E-state index in [0.717, 1.165) is 0 Å². The molecule has 0 saturated heterocycles. The van der Waals surface area contributed by atoms with Crippen LogP contribution in [-0.2, 0) is 4.79 Å². The molecule has 2 aromatic carbocycles. The van der Waals surface area contributed by atoms with Crippen LogP contribution in [0.5, 0.6) is 5.75 Å². The second kappa shape index (κ2) is 7.03. The molecule has 1 atom stereocenters. The van der Waals surface area contributed by atoms with E-state index in [1.54, 1.807) is 49.4 Å². The van der Waals surface area contributed by atoms with Crippen molar-refractivity contribution < 1.29 is 9.53 Å². The summed E-state index contributed by atoms with van der Waals surface area (Å²) in [5, 5.41) is 4.09. The van der Waals surface area contributed by atoms with Crippen LogP contribution in [0.25, 0.3) is 0 Å². The van der Waals surface area contributed by atoms with Crippen LogP contribution in [0, 0.1) is 0 Å². The number of halogens is 3. The second-order valence-electron chi connectivity index (χ2n) is 4.33. The first-order valence-electron chi connectivity index (χ1n) is 6.14. The first-order chi connectivity index (χ1) is 9.95. The lowest BCUT2D eigenvalue weighted by molar-refractivity contribution is -0.122. The highest BCUT2D eigenvalue weighted by Crippen LogP contribution is 2.26. The van der Waals surface area contributed by atoms with Gasteiger partial charge in [0, 0.05) is 10.0 Å². The molecule has 0 aliphatic rings. The number of hydrogen-bond donors (Lipinski definition) is 1. The Kier molecular flexibility index (Phi) is 5.34. The Labute approximate surface area is 137 Å². The van der Waals surface area contributed by atoms with Crippen LogP contribution < -0.4 is 10.1 Å². The predicted octanol–water partition coefficient (Wildman–Crippen LogP) is 5.05. The lowest BCUT2D eigenvalue weighted by Crippen LogP contribution is -2.30. The lowest BCUT2D eigenvalue weighted by Gasteiger charge is -2.15. The molecule has 3 nitrogen and oxygen atoms in total. The van der Waals surface area contributed by atoms with Crippen LogP contribution in [0.1, 0.15) is 6.92 Å².